The highest BCUT2D eigenvalue weighted by Crippen LogP contribution is 2.13. The number of benzene rings is 1. The van der Waals surface area contributed by atoms with Crippen LogP contribution in [0, 0.1) is 5.82 Å². The zero-order chi connectivity index (χ0) is 18.0. The van der Waals surface area contributed by atoms with E-state index in [4.69, 9.17) is 0 Å². The molecule has 3 rings (SSSR count). The van der Waals surface area contributed by atoms with Crippen molar-refractivity contribution >= 4 is 11.9 Å². The maximum Gasteiger partial charge on any atom is 0.341 e. The minimum atomic E-state index is -1.38. The number of hydrogen-bond acceptors (Lipinski definition) is 3. The van der Waals surface area contributed by atoms with Gasteiger partial charge in [0.1, 0.15) is 16.9 Å². The molecule has 1 N–H and O–H groups in total. The van der Waals surface area contributed by atoms with Crippen molar-refractivity contribution in [2.24, 2.45) is 0 Å². The van der Waals surface area contributed by atoms with E-state index in [1.807, 2.05) is 0 Å². The Labute approximate surface area is 143 Å². The van der Waals surface area contributed by atoms with E-state index in [9.17, 15) is 23.9 Å². The quantitative estimate of drug-likeness (QED) is 0.920. The van der Waals surface area contributed by atoms with E-state index in [0.29, 0.717) is 13.1 Å². The fraction of sp³-hybridized carbons (Fsp3) is 0.278. The lowest BCUT2D eigenvalue weighted by Crippen LogP contribution is -2.34. The fourth-order valence-corrected chi connectivity index (χ4v) is 2.92. The number of carbonyl (C=O) groups excluding carboxylic acids is 1. The minimum absolute atomic E-state index is 0.149. The number of hydrogen-bond donors (Lipinski definition) is 1. The Morgan fingerprint density at radius 2 is 1.64 bits per heavy atom. The first kappa shape index (κ1) is 16.9. The van der Waals surface area contributed by atoms with Crippen LogP contribution >= 0.6 is 0 Å². The second-order valence-corrected chi connectivity index (χ2v) is 6.02. The van der Waals surface area contributed by atoms with Crippen molar-refractivity contribution in [3.8, 4) is 0 Å². The number of carbonyl (C=O) groups is 2. The van der Waals surface area contributed by atoms with Gasteiger partial charge in [0, 0.05) is 32.0 Å². The van der Waals surface area contributed by atoms with Crippen LogP contribution in [0.1, 0.15) is 39.1 Å². The minimum Gasteiger partial charge on any atom is -0.477 e. The molecular formula is C18H17FN2O4. The molecule has 0 unspecified atom stereocenters. The third kappa shape index (κ3) is 3.60. The number of carboxylic acid groups (broad SMARTS) is 1. The average molecular weight is 344 g/mol. The molecule has 0 atom stereocenters. The van der Waals surface area contributed by atoms with E-state index >= 15 is 0 Å². The summed E-state index contributed by atoms with van der Waals surface area (Å²) in [4.78, 5) is 37.9. The van der Waals surface area contributed by atoms with Crippen LogP contribution in [0.25, 0.3) is 0 Å². The summed E-state index contributed by atoms with van der Waals surface area (Å²) in [6.07, 6.45) is 4.32. The average Bonchev–Trinajstić information content (AvgIpc) is 3.12. The number of pyridine rings is 1. The number of likely N-dealkylation sites (tertiary alicyclic amines) is 1. The summed E-state index contributed by atoms with van der Waals surface area (Å²) in [6, 6.07) is 5.73. The lowest BCUT2D eigenvalue weighted by molar-refractivity contribution is 0.0694. The van der Waals surface area contributed by atoms with Gasteiger partial charge in [0.2, 0.25) is 5.43 Å². The molecule has 1 aromatic carbocycles. The Bertz CT molecular complexity index is 868. The van der Waals surface area contributed by atoms with Crippen LogP contribution in [0.2, 0.25) is 0 Å². The number of nitrogens with zero attached hydrogens (tertiary/aromatic N) is 2. The van der Waals surface area contributed by atoms with Crippen molar-refractivity contribution in [1.82, 2.24) is 9.47 Å². The number of amides is 1. The lowest BCUT2D eigenvalue weighted by Gasteiger charge is -2.16. The first-order valence-electron chi connectivity index (χ1n) is 7.97. The number of rotatable bonds is 4. The molecule has 1 aliphatic heterocycles. The van der Waals surface area contributed by atoms with Gasteiger partial charge in [0.25, 0.3) is 5.91 Å². The fourth-order valence-electron chi connectivity index (χ4n) is 2.92. The molecule has 1 aromatic heterocycles. The van der Waals surface area contributed by atoms with E-state index in [2.05, 4.69) is 0 Å². The lowest BCUT2D eigenvalue weighted by atomic mass is 10.1. The molecule has 0 spiro atoms. The van der Waals surface area contributed by atoms with E-state index < -0.39 is 22.9 Å². The Hall–Kier alpha value is -2.96. The van der Waals surface area contributed by atoms with Gasteiger partial charge in [-0.15, -0.1) is 0 Å². The molecule has 0 saturated carbocycles. The standard InChI is InChI=1S/C18H17FN2O4/c19-13-5-3-12(4-6-13)9-20-10-14(16(22)15(11-20)18(24)25)17(23)21-7-1-2-8-21/h3-6,10-11H,1-2,7-9H2,(H,24,25). The molecule has 0 aliphatic carbocycles. The summed E-state index contributed by atoms with van der Waals surface area (Å²) in [7, 11) is 0. The van der Waals surface area contributed by atoms with Crippen LogP contribution in [-0.4, -0.2) is 39.5 Å². The molecule has 6 nitrogen and oxygen atoms in total. The highest BCUT2D eigenvalue weighted by atomic mass is 19.1. The highest BCUT2D eigenvalue weighted by Gasteiger charge is 2.25. The SMILES string of the molecule is O=C(O)c1cn(Cc2ccc(F)cc2)cc(C(=O)N2CCCC2)c1=O. The Morgan fingerprint density at radius 1 is 1.04 bits per heavy atom. The van der Waals surface area contributed by atoms with Gasteiger partial charge in [0.15, 0.2) is 0 Å². The van der Waals surface area contributed by atoms with Crippen molar-refractivity contribution in [2.45, 2.75) is 19.4 Å². The Kier molecular flexibility index (Phi) is 4.65. The van der Waals surface area contributed by atoms with Gasteiger partial charge in [-0.05, 0) is 30.5 Å². The monoisotopic (exact) mass is 344 g/mol. The van der Waals surface area contributed by atoms with E-state index in [-0.39, 0.29) is 17.9 Å². The number of aromatic carboxylic acids is 1. The maximum atomic E-state index is 13.0. The topological polar surface area (TPSA) is 79.6 Å². The largest absolute Gasteiger partial charge is 0.477 e. The van der Waals surface area contributed by atoms with Gasteiger partial charge >= 0.3 is 5.97 Å². The summed E-state index contributed by atoms with van der Waals surface area (Å²) in [5.41, 5.74) is -0.656. The predicted molar refractivity (Wildman–Crippen MR) is 88.3 cm³/mol. The summed E-state index contributed by atoms with van der Waals surface area (Å²) < 4.78 is 14.5. The zero-order valence-corrected chi connectivity index (χ0v) is 13.4. The van der Waals surface area contributed by atoms with Crippen molar-refractivity contribution in [1.29, 1.82) is 0 Å². The Morgan fingerprint density at radius 3 is 2.24 bits per heavy atom. The van der Waals surface area contributed by atoms with Crippen LogP contribution in [0.15, 0.2) is 41.5 Å². The maximum absolute atomic E-state index is 13.0. The van der Waals surface area contributed by atoms with Gasteiger partial charge in [-0.1, -0.05) is 12.1 Å². The van der Waals surface area contributed by atoms with Crippen molar-refractivity contribution in [2.75, 3.05) is 13.1 Å². The van der Waals surface area contributed by atoms with E-state index in [1.165, 1.54) is 29.1 Å². The summed E-state index contributed by atoms with van der Waals surface area (Å²) in [5, 5.41) is 9.28. The third-order valence-electron chi connectivity index (χ3n) is 4.21. The summed E-state index contributed by atoms with van der Waals surface area (Å²) >= 11 is 0. The molecule has 130 valence electrons. The predicted octanol–water partition coefficient (Wildman–Crippen LogP) is 1.97. The molecule has 1 fully saturated rings. The molecule has 1 amide bonds. The zero-order valence-electron chi connectivity index (χ0n) is 13.4. The van der Waals surface area contributed by atoms with Crippen LogP contribution in [0.3, 0.4) is 0 Å². The van der Waals surface area contributed by atoms with Gasteiger partial charge in [-0.25, -0.2) is 9.18 Å². The molecule has 2 aromatic rings. The number of aromatic nitrogens is 1. The van der Waals surface area contributed by atoms with Crippen LogP contribution in [-0.2, 0) is 6.54 Å². The van der Waals surface area contributed by atoms with Gasteiger partial charge < -0.3 is 14.6 Å². The van der Waals surface area contributed by atoms with Crippen LogP contribution in [0.5, 0.6) is 0 Å². The second-order valence-electron chi connectivity index (χ2n) is 6.02. The molecule has 7 heteroatoms. The molecule has 1 saturated heterocycles. The summed E-state index contributed by atoms with van der Waals surface area (Å²) in [6.45, 7) is 1.35. The van der Waals surface area contributed by atoms with Gasteiger partial charge in [-0.3, -0.25) is 9.59 Å². The summed E-state index contributed by atoms with van der Waals surface area (Å²) in [5.74, 6) is -2.20. The smallest absolute Gasteiger partial charge is 0.341 e. The molecule has 1 aliphatic rings. The second kappa shape index (κ2) is 6.88. The van der Waals surface area contributed by atoms with E-state index in [1.54, 1.807) is 17.0 Å². The van der Waals surface area contributed by atoms with Crippen molar-refractivity contribution < 1.29 is 19.1 Å². The molecule has 2 heterocycles. The van der Waals surface area contributed by atoms with Gasteiger partial charge in [0.05, 0.1) is 0 Å². The third-order valence-corrected chi connectivity index (χ3v) is 4.21. The van der Waals surface area contributed by atoms with Crippen molar-refractivity contribution in [3.63, 3.8) is 0 Å². The normalized spacial score (nSPS) is 13.9. The van der Waals surface area contributed by atoms with E-state index in [0.717, 1.165) is 18.4 Å². The van der Waals surface area contributed by atoms with Gasteiger partial charge in [-0.2, -0.15) is 0 Å². The molecule has 0 radical (unpaired) electrons. The molecule has 25 heavy (non-hydrogen) atoms. The molecule has 0 bridgehead atoms. The van der Waals surface area contributed by atoms with Crippen LogP contribution < -0.4 is 5.43 Å². The van der Waals surface area contributed by atoms with Crippen molar-refractivity contribution in [3.05, 3.63) is 69.4 Å². The highest BCUT2D eigenvalue weighted by molar-refractivity contribution is 5.97. The first-order valence-corrected chi connectivity index (χ1v) is 7.97. The Balaban J connectivity index is 2.00. The number of halogens is 1. The number of carboxylic acids is 1. The van der Waals surface area contributed by atoms with Crippen LogP contribution in [0.4, 0.5) is 4.39 Å². The molecular weight excluding hydrogens is 327 g/mol. The first-order chi connectivity index (χ1) is 12.0.